The minimum Gasteiger partial charge on any atom is -0.393 e. The van der Waals surface area contributed by atoms with Crippen molar-refractivity contribution < 1.29 is 14.6 Å². The van der Waals surface area contributed by atoms with Crippen LogP contribution in [0.25, 0.3) is 5.65 Å². The minimum absolute atomic E-state index is 0.100. The van der Waals surface area contributed by atoms with Crippen LogP contribution in [0.15, 0.2) is 18.3 Å². The molecular formula is C10H13FN4O2. The van der Waals surface area contributed by atoms with Crippen molar-refractivity contribution in [3.8, 4) is 0 Å². The van der Waals surface area contributed by atoms with Crippen molar-refractivity contribution in [3.05, 3.63) is 24.1 Å². The zero-order chi connectivity index (χ0) is 12.5. The molecule has 0 saturated heterocycles. The molecule has 2 aromatic rings. The number of nitrogens with zero attached hydrogens (tertiary/aromatic N) is 3. The second kappa shape index (κ2) is 4.27. The quantitative estimate of drug-likeness (QED) is 0.702. The third-order valence-electron chi connectivity index (χ3n) is 2.26. The van der Waals surface area contributed by atoms with Gasteiger partial charge < -0.3 is 15.5 Å². The molecule has 0 aromatic carbocycles. The molecule has 2 heterocycles. The Bertz CT molecular complexity index is 526. The largest absolute Gasteiger partial charge is 0.393 e. The molecule has 0 aliphatic heterocycles. The molecule has 0 bridgehead atoms. The van der Waals surface area contributed by atoms with Crippen molar-refractivity contribution in [2.24, 2.45) is 0 Å². The van der Waals surface area contributed by atoms with Crippen LogP contribution < -0.4 is 5.32 Å². The van der Waals surface area contributed by atoms with Crippen molar-refractivity contribution in [2.75, 3.05) is 18.5 Å². The number of nitrogens with one attached hydrogen (secondary N) is 1. The van der Waals surface area contributed by atoms with Gasteiger partial charge in [0, 0.05) is 6.54 Å². The Balaban J connectivity index is 2.15. The molecule has 17 heavy (non-hydrogen) atoms. The highest BCUT2D eigenvalue weighted by atomic mass is 19.1. The van der Waals surface area contributed by atoms with Gasteiger partial charge in [0.1, 0.15) is 11.4 Å². The molecule has 6 nitrogen and oxygen atoms in total. The Kier molecular flexibility index (Phi) is 2.95. The molecule has 2 aromatic heterocycles. The van der Waals surface area contributed by atoms with Gasteiger partial charge in [0.15, 0.2) is 5.65 Å². The van der Waals surface area contributed by atoms with E-state index in [2.05, 4.69) is 15.4 Å². The fourth-order valence-corrected chi connectivity index (χ4v) is 1.26. The first-order valence-electron chi connectivity index (χ1n) is 5.09. The maximum Gasteiger partial charge on any atom is 0.243 e. The van der Waals surface area contributed by atoms with Crippen LogP contribution >= 0.6 is 0 Å². The summed E-state index contributed by atoms with van der Waals surface area (Å²) in [6.45, 7) is 1.21. The molecule has 0 radical (unpaired) electrons. The van der Waals surface area contributed by atoms with Gasteiger partial charge in [0.25, 0.3) is 0 Å². The maximum atomic E-state index is 12.9. The van der Waals surface area contributed by atoms with Crippen LogP contribution in [-0.4, -0.2) is 43.6 Å². The maximum absolute atomic E-state index is 12.9. The van der Waals surface area contributed by atoms with Gasteiger partial charge in [-0.1, -0.05) is 0 Å². The number of halogens is 1. The third kappa shape index (κ3) is 2.69. The lowest BCUT2D eigenvalue weighted by molar-refractivity contribution is 0.0131. The average molecular weight is 240 g/mol. The Morgan fingerprint density at radius 1 is 1.53 bits per heavy atom. The highest BCUT2D eigenvalue weighted by Gasteiger charge is 2.19. The average Bonchev–Trinajstić information content (AvgIpc) is 2.68. The minimum atomic E-state index is -1.25. The molecule has 0 fully saturated rings. The van der Waals surface area contributed by atoms with Crippen LogP contribution in [0, 0.1) is 5.82 Å². The van der Waals surface area contributed by atoms with Crippen molar-refractivity contribution in [3.63, 3.8) is 0 Å². The molecule has 0 saturated carbocycles. The van der Waals surface area contributed by atoms with Crippen molar-refractivity contribution >= 4 is 11.6 Å². The zero-order valence-electron chi connectivity index (χ0n) is 9.26. The number of anilines is 1. The van der Waals surface area contributed by atoms with Gasteiger partial charge in [-0.2, -0.15) is 4.98 Å². The van der Waals surface area contributed by atoms with Gasteiger partial charge in [-0.25, -0.2) is 8.91 Å². The number of fused-ring (bicyclic) bond motifs is 1. The predicted molar refractivity (Wildman–Crippen MR) is 59.1 cm³/mol. The molecule has 92 valence electrons. The standard InChI is InChI=1S/C10H13FN4O2/c1-10(17,6-16)5-12-9-13-8-3-2-7(11)4-15(8)14-9/h2-4,16-17H,5-6H2,1H3,(H,12,14). The molecule has 0 aliphatic rings. The zero-order valence-corrected chi connectivity index (χ0v) is 9.26. The topological polar surface area (TPSA) is 82.7 Å². The second-order valence-corrected chi connectivity index (χ2v) is 4.09. The van der Waals surface area contributed by atoms with Crippen molar-refractivity contribution in [1.29, 1.82) is 0 Å². The lowest BCUT2D eigenvalue weighted by atomic mass is 10.1. The summed E-state index contributed by atoms with van der Waals surface area (Å²) < 4.78 is 14.2. The van der Waals surface area contributed by atoms with Crippen LogP contribution in [0.3, 0.4) is 0 Å². The fraction of sp³-hybridized carbons (Fsp3) is 0.400. The number of hydrogen-bond donors (Lipinski definition) is 3. The number of rotatable bonds is 4. The van der Waals surface area contributed by atoms with E-state index in [-0.39, 0.29) is 19.1 Å². The molecule has 3 N–H and O–H groups in total. The molecule has 0 spiro atoms. The highest BCUT2D eigenvalue weighted by molar-refractivity contribution is 5.43. The summed E-state index contributed by atoms with van der Waals surface area (Å²) in [7, 11) is 0. The van der Waals surface area contributed by atoms with E-state index in [9.17, 15) is 9.50 Å². The fourth-order valence-electron chi connectivity index (χ4n) is 1.26. The second-order valence-electron chi connectivity index (χ2n) is 4.09. The van der Waals surface area contributed by atoms with E-state index in [0.717, 1.165) is 0 Å². The summed E-state index contributed by atoms with van der Waals surface area (Å²) in [5.41, 5.74) is -0.750. The first-order valence-corrected chi connectivity index (χ1v) is 5.09. The first kappa shape index (κ1) is 11.7. The molecule has 7 heteroatoms. The van der Waals surface area contributed by atoms with Crippen LogP contribution in [0.5, 0.6) is 0 Å². The Morgan fingerprint density at radius 2 is 2.29 bits per heavy atom. The molecular weight excluding hydrogens is 227 g/mol. The summed E-state index contributed by atoms with van der Waals surface area (Å²) in [5.74, 6) is -0.138. The van der Waals surface area contributed by atoms with Gasteiger partial charge >= 0.3 is 0 Å². The van der Waals surface area contributed by atoms with Gasteiger partial charge in [-0.05, 0) is 19.1 Å². The summed E-state index contributed by atoms with van der Waals surface area (Å²) in [6.07, 6.45) is 1.21. The van der Waals surface area contributed by atoms with Crippen molar-refractivity contribution in [1.82, 2.24) is 14.6 Å². The molecule has 1 atom stereocenters. The van der Waals surface area contributed by atoms with Crippen LogP contribution in [0.2, 0.25) is 0 Å². The van der Waals surface area contributed by atoms with Gasteiger partial charge in [-0.15, -0.1) is 5.10 Å². The van der Waals surface area contributed by atoms with E-state index in [4.69, 9.17) is 5.11 Å². The van der Waals surface area contributed by atoms with E-state index in [1.807, 2.05) is 0 Å². The number of aliphatic hydroxyl groups excluding tert-OH is 1. The normalized spacial score (nSPS) is 14.8. The summed E-state index contributed by atoms with van der Waals surface area (Å²) in [4.78, 5) is 4.07. The first-order chi connectivity index (χ1) is 8.00. The summed E-state index contributed by atoms with van der Waals surface area (Å²) in [6, 6.07) is 2.79. The van der Waals surface area contributed by atoms with Gasteiger partial charge in [0.05, 0.1) is 12.8 Å². The van der Waals surface area contributed by atoms with E-state index < -0.39 is 11.4 Å². The number of aromatic nitrogens is 3. The smallest absolute Gasteiger partial charge is 0.243 e. The van der Waals surface area contributed by atoms with E-state index in [1.165, 1.54) is 29.8 Å². The summed E-state index contributed by atoms with van der Waals surface area (Å²) >= 11 is 0. The SMILES string of the molecule is CC(O)(CO)CNc1nc2ccc(F)cn2n1. The predicted octanol–water partition coefficient (Wildman–Crippen LogP) is 0.0236. The number of aliphatic hydroxyl groups is 2. The highest BCUT2D eigenvalue weighted by Crippen LogP contribution is 2.08. The third-order valence-corrected chi connectivity index (χ3v) is 2.26. The number of pyridine rings is 1. The van der Waals surface area contributed by atoms with Crippen LogP contribution in [-0.2, 0) is 0 Å². The molecule has 1 unspecified atom stereocenters. The lowest BCUT2D eigenvalue weighted by Crippen LogP contribution is -2.37. The van der Waals surface area contributed by atoms with Crippen LogP contribution in [0.1, 0.15) is 6.92 Å². The Morgan fingerprint density at radius 3 is 3.00 bits per heavy atom. The molecule has 0 amide bonds. The number of hydrogen-bond acceptors (Lipinski definition) is 5. The molecule has 0 aliphatic carbocycles. The van der Waals surface area contributed by atoms with E-state index in [1.54, 1.807) is 0 Å². The molecule has 2 rings (SSSR count). The van der Waals surface area contributed by atoms with Gasteiger partial charge in [0.2, 0.25) is 5.95 Å². The Labute approximate surface area is 96.7 Å². The Hall–Kier alpha value is -1.73. The van der Waals surface area contributed by atoms with Gasteiger partial charge in [-0.3, -0.25) is 0 Å². The van der Waals surface area contributed by atoms with Crippen LogP contribution in [0.4, 0.5) is 10.3 Å². The summed E-state index contributed by atoms with van der Waals surface area (Å²) in [5, 5.41) is 25.2. The van der Waals surface area contributed by atoms with E-state index >= 15 is 0 Å². The van der Waals surface area contributed by atoms with E-state index in [0.29, 0.717) is 5.65 Å². The monoisotopic (exact) mass is 240 g/mol. The lowest BCUT2D eigenvalue weighted by Gasteiger charge is -2.19. The van der Waals surface area contributed by atoms with Crippen molar-refractivity contribution in [2.45, 2.75) is 12.5 Å².